The van der Waals surface area contributed by atoms with Gasteiger partial charge in [-0.15, -0.1) is 0 Å². The van der Waals surface area contributed by atoms with E-state index in [0.29, 0.717) is 50.0 Å². The summed E-state index contributed by atoms with van der Waals surface area (Å²) in [7, 11) is 0. The number of amides is 4. The summed E-state index contributed by atoms with van der Waals surface area (Å²) in [5, 5.41) is 2.82. The van der Waals surface area contributed by atoms with E-state index in [2.05, 4.69) is 10.2 Å². The Balaban J connectivity index is 1.41. The number of anilines is 3. The second-order valence-corrected chi connectivity index (χ2v) is 10.8. The molecule has 0 unspecified atom stereocenters. The number of likely N-dealkylation sites (tertiary alicyclic amines) is 1. The van der Waals surface area contributed by atoms with Crippen molar-refractivity contribution in [2.24, 2.45) is 11.7 Å². The highest BCUT2D eigenvalue weighted by molar-refractivity contribution is 5.99. The van der Waals surface area contributed by atoms with E-state index in [4.69, 9.17) is 20.2 Å². The summed E-state index contributed by atoms with van der Waals surface area (Å²) in [6.45, 7) is 4.77. The number of hydrogen-bond acceptors (Lipinski definition) is 7. The molecular weight excluding hydrogens is 557 g/mol. The molecule has 4 amide bonds. The minimum absolute atomic E-state index is 0.0466. The maximum atomic E-state index is 13.0. The summed E-state index contributed by atoms with van der Waals surface area (Å²) in [6.07, 6.45) is -6.59. The first-order valence-electron chi connectivity index (χ1n) is 13.8. The topological polar surface area (TPSA) is 130 Å². The van der Waals surface area contributed by atoms with Gasteiger partial charge >= 0.3 is 18.3 Å². The standard InChI is InChI=1S/C28H33F3N6O5/c1-17-2-3-20(33-27(40)36-6-4-18(16-36)15-28(29,30)31)14-21(17)19-12-23(35-8-10-41-11-9-35)34-24(13-19)37-7-5-22(25(37)38)42-26(32)39/h2-3,12-14,18,22H,4-11,15-16H2,1H3,(H2,32,39)(H,33,40)/t18-,22+/m0/s1. The Labute approximate surface area is 240 Å². The molecule has 5 rings (SSSR count). The minimum Gasteiger partial charge on any atom is -0.436 e. The van der Waals surface area contributed by atoms with Crippen molar-refractivity contribution in [2.75, 3.05) is 61.1 Å². The van der Waals surface area contributed by atoms with Gasteiger partial charge in [0.25, 0.3) is 5.91 Å². The average molecular weight is 591 g/mol. The SMILES string of the molecule is Cc1ccc(NC(=O)N2CC[C@@H](CC(F)(F)F)C2)cc1-c1cc(N2CCOCC2)nc(N2CC[C@@H](OC(N)=O)C2=O)c1. The van der Waals surface area contributed by atoms with E-state index >= 15 is 0 Å². The largest absolute Gasteiger partial charge is 0.436 e. The van der Waals surface area contributed by atoms with Crippen LogP contribution >= 0.6 is 0 Å². The Hall–Kier alpha value is -4.07. The summed E-state index contributed by atoms with van der Waals surface area (Å²) >= 11 is 0. The lowest BCUT2D eigenvalue weighted by Crippen LogP contribution is -2.37. The zero-order chi connectivity index (χ0) is 30.0. The zero-order valence-electron chi connectivity index (χ0n) is 23.2. The zero-order valence-corrected chi connectivity index (χ0v) is 23.2. The van der Waals surface area contributed by atoms with E-state index in [-0.39, 0.29) is 26.1 Å². The Kier molecular flexibility index (Phi) is 8.43. The van der Waals surface area contributed by atoms with E-state index in [1.54, 1.807) is 18.2 Å². The third-order valence-electron chi connectivity index (χ3n) is 7.72. The fourth-order valence-corrected chi connectivity index (χ4v) is 5.61. The van der Waals surface area contributed by atoms with E-state index in [1.165, 1.54) is 9.80 Å². The summed E-state index contributed by atoms with van der Waals surface area (Å²) in [5.74, 6) is -0.00588. The summed E-state index contributed by atoms with van der Waals surface area (Å²) in [4.78, 5) is 46.9. The number of carbonyl (C=O) groups excluding carboxylic acids is 3. The van der Waals surface area contributed by atoms with Crippen LogP contribution in [0.5, 0.6) is 0 Å². The Morgan fingerprint density at radius 3 is 2.55 bits per heavy atom. The van der Waals surface area contributed by atoms with Crippen molar-refractivity contribution in [1.29, 1.82) is 0 Å². The second kappa shape index (κ2) is 12.0. The van der Waals surface area contributed by atoms with Gasteiger partial charge in [0.1, 0.15) is 11.6 Å². The monoisotopic (exact) mass is 590 g/mol. The smallest absolute Gasteiger partial charge is 0.405 e. The van der Waals surface area contributed by atoms with Gasteiger partial charge in [-0.05, 0) is 60.2 Å². The van der Waals surface area contributed by atoms with Crippen LogP contribution in [0.2, 0.25) is 0 Å². The molecule has 3 saturated heterocycles. The molecule has 226 valence electrons. The lowest BCUT2D eigenvalue weighted by molar-refractivity contribution is -0.143. The van der Waals surface area contributed by atoms with Crippen molar-refractivity contribution in [3.8, 4) is 11.1 Å². The van der Waals surface area contributed by atoms with Gasteiger partial charge in [0, 0.05) is 51.3 Å². The van der Waals surface area contributed by atoms with Gasteiger partial charge in [-0.25, -0.2) is 14.6 Å². The molecule has 1 aromatic heterocycles. The highest BCUT2D eigenvalue weighted by atomic mass is 19.4. The van der Waals surface area contributed by atoms with Crippen molar-refractivity contribution in [1.82, 2.24) is 9.88 Å². The average Bonchev–Trinajstić information content (AvgIpc) is 3.55. The molecule has 2 aromatic rings. The van der Waals surface area contributed by atoms with Gasteiger partial charge < -0.3 is 30.3 Å². The van der Waals surface area contributed by atoms with Crippen LogP contribution in [0.25, 0.3) is 11.1 Å². The number of ether oxygens (including phenoxy) is 2. The van der Waals surface area contributed by atoms with E-state index in [9.17, 15) is 27.6 Å². The quantitative estimate of drug-likeness (QED) is 0.522. The van der Waals surface area contributed by atoms with Crippen molar-refractivity contribution < 1.29 is 37.0 Å². The van der Waals surface area contributed by atoms with Gasteiger partial charge in [0.15, 0.2) is 6.10 Å². The van der Waals surface area contributed by atoms with Crippen LogP contribution in [-0.2, 0) is 14.3 Å². The number of halogens is 3. The van der Waals surface area contributed by atoms with Crippen molar-refractivity contribution in [3.05, 3.63) is 35.9 Å². The van der Waals surface area contributed by atoms with Crippen LogP contribution in [-0.4, -0.2) is 86.1 Å². The van der Waals surface area contributed by atoms with Crippen molar-refractivity contribution in [2.45, 2.75) is 38.5 Å². The van der Waals surface area contributed by atoms with Gasteiger partial charge in [-0.1, -0.05) is 6.07 Å². The van der Waals surface area contributed by atoms with Gasteiger partial charge in [0.2, 0.25) is 0 Å². The van der Waals surface area contributed by atoms with E-state index < -0.39 is 42.7 Å². The number of morpholine rings is 1. The number of nitrogens with zero attached hydrogens (tertiary/aromatic N) is 4. The number of primary amides is 1. The number of nitrogens with two attached hydrogens (primary N) is 1. The molecule has 4 heterocycles. The molecule has 0 radical (unpaired) electrons. The maximum Gasteiger partial charge on any atom is 0.405 e. The molecule has 2 atom stereocenters. The van der Waals surface area contributed by atoms with Crippen LogP contribution in [0.3, 0.4) is 0 Å². The lowest BCUT2D eigenvalue weighted by atomic mass is 10.00. The highest BCUT2D eigenvalue weighted by Gasteiger charge is 2.37. The summed E-state index contributed by atoms with van der Waals surface area (Å²) in [6, 6.07) is 8.59. The molecule has 3 aliphatic rings. The Morgan fingerprint density at radius 1 is 1.10 bits per heavy atom. The van der Waals surface area contributed by atoms with Crippen molar-refractivity contribution >= 4 is 35.4 Å². The molecule has 3 aliphatic heterocycles. The summed E-state index contributed by atoms with van der Waals surface area (Å²) < 4.78 is 48.9. The fraction of sp³-hybridized carbons (Fsp3) is 0.500. The molecule has 3 N–H and O–H groups in total. The molecule has 0 spiro atoms. The molecule has 11 nitrogen and oxygen atoms in total. The molecule has 0 aliphatic carbocycles. The number of aryl methyl sites for hydroxylation is 1. The normalized spacial score (nSPS) is 21.1. The molecule has 14 heteroatoms. The van der Waals surface area contributed by atoms with Crippen LogP contribution in [0.15, 0.2) is 30.3 Å². The maximum absolute atomic E-state index is 13.0. The predicted octanol–water partition coefficient (Wildman–Crippen LogP) is 3.90. The van der Waals surface area contributed by atoms with Crippen LogP contribution in [0.4, 0.5) is 40.1 Å². The number of hydrogen-bond donors (Lipinski definition) is 2. The number of pyridine rings is 1. The Morgan fingerprint density at radius 2 is 1.83 bits per heavy atom. The molecular formula is C28H33F3N6O5. The molecule has 0 saturated carbocycles. The van der Waals surface area contributed by atoms with Crippen LogP contribution in [0, 0.1) is 12.8 Å². The number of aromatic nitrogens is 1. The molecule has 1 aromatic carbocycles. The minimum atomic E-state index is -4.26. The van der Waals surface area contributed by atoms with Gasteiger partial charge in [-0.3, -0.25) is 9.69 Å². The van der Waals surface area contributed by atoms with Crippen LogP contribution < -0.4 is 20.9 Å². The lowest BCUT2D eigenvalue weighted by Gasteiger charge is -2.29. The molecule has 3 fully saturated rings. The number of benzene rings is 1. The first-order chi connectivity index (χ1) is 20.0. The third-order valence-corrected chi connectivity index (χ3v) is 7.72. The third kappa shape index (κ3) is 6.86. The number of urea groups is 1. The van der Waals surface area contributed by atoms with E-state index in [0.717, 1.165) is 16.7 Å². The van der Waals surface area contributed by atoms with E-state index in [1.807, 2.05) is 19.1 Å². The van der Waals surface area contributed by atoms with Crippen molar-refractivity contribution in [3.63, 3.8) is 0 Å². The fourth-order valence-electron chi connectivity index (χ4n) is 5.61. The molecule has 0 bridgehead atoms. The number of carbonyl (C=O) groups is 3. The first-order valence-corrected chi connectivity index (χ1v) is 13.8. The van der Waals surface area contributed by atoms with Gasteiger partial charge in [0.05, 0.1) is 13.2 Å². The number of alkyl halides is 3. The summed E-state index contributed by atoms with van der Waals surface area (Å²) in [5.41, 5.74) is 8.03. The number of rotatable bonds is 6. The Bertz CT molecular complexity index is 1350. The molecule has 42 heavy (non-hydrogen) atoms. The van der Waals surface area contributed by atoms with Gasteiger partial charge in [-0.2, -0.15) is 13.2 Å². The van der Waals surface area contributed by atoms with Crippen LogP contribution in [0.1, 0.15) is 24.8 Å². The predicted molar refractivity (Wildman–Crippen MR) is 148 cm³/mol. The first kappa shape index (κ1) is 29.4. The second-order valence-electron chi connectivity index (χ2n) is 10.8. The highest BCUT2D eigenvalue weighted by Crippen LogP contribution is 2.35. The number of nitrogens with one attached hydrogen (secondary N) is 1.